The molecular formula is C18H29NO2S. The van der Waals surface area contributed by atoms with Gasteiger partial charge in [-0.2, -0.15) is 11.8 Å². The Morgan fingerprint density at radius 3 is 2.32 bits per heavy atom. The second-order valence-corrected chi connectivity index (χ2v) is 8.51. The van der Waals surface area contributed by atoms with E-state index < -0.39 is 6.10 Å². The summed E-state index contributed by atoms with van der Waals surface area (Å²) >= 11 is 1.85. The van der Waals surface area contributed by atoms with Crippen LogP contribution in [0.3, 0.4) is 0 Å². The molecule has 0 heterocycles. The molecule has 0 fully saturated rings. The fourth-order valence-electron chi connectivity index (χ4n) is 2.13. The fraction of sp³-hybridized carbons (Fsp3) is 0.611. The fourth-order valence-corrected chi connectivity index (χ4v) is 2.95. The monoisotopic (exact) mass is 323 g/mol. The predicted octanol–water partition coefficient (Wildman–Crippen LogP) is 4.11. The number of aryl methyl sites for hydroxylation is 2. The molecule has 1 rings (SSSR count). The van der Waals surface area contributed by atoms with Gasteiger partial charge in [-0.05, 0) is 43.5 Å². The van der Waals surface area contributed by atoms with E-state index >= 15 is 0 Å². The van der Waals surface area contributed by atoms with E-state index in [4.69, 9.17) is 4.74 Å². The standard InChI is InChI=1S/C18H29NO2S/c1-7-16(17(20)19-8-9-22-18(4,5)6)21-15-11-13(2)10-14(3)12-15/h10-12,16H,7-9H2,1-6H3,(H,19,20)/t16-/m1/s1. The van der Waals surface area contributed by atoms with E-state index in [-0.39, 0.29) is 10.7 Å². The van der Waals surface area contributed by atoms with Gasteiger partial charge in [-0.3, -0.25) is 4.79 Å². The highest BCUT2D eigenvalue weighted by Gasteiger charge is 2.18. The molecule has 0 bridgehead atoms. The maximum absolute atomic E-state index is 12.2. The number of benzene rings is 1. The summed E-state index contributed by atoms with van der Waals surface area (Å²) in [6, 6.07) is 6.04. The summed E-state index contributed by atoms with van der Waals surface area (Å²) in [6.07, 6.45) is 0.228. The highest BCUT2D eigenvalue weighted by molar-refractivity contribution is 8.00. The maximum atomic E-state index is 12.2. The first-order chi connectivity index (χ1) is 10.2. The zero-order valence-corrected chi connectivity index (χ0v) is 15.5. The van der Waals surface area contributed by atoms with Crippen LogP contribution in [0.15, 0.2) is 18.2 Å². The van der Waals surface area contributed by atoms with E-state index in [9.17, 15) is 4.79 Å². The van der Waals surface area contributed by atoms with Crippen LogP contribution in [0.25, 0.3) is 0 Å². The molecule has 0 spiro atoms. The summed E-state index contributed by atoms with van der Waals surface area (Å²) in [5.41, 5.74) is 2.29. The summed E-state index contributed by atoms with van der Waals surface area (Å²) in [5.74, 6) is 1.65. The number of ether oxygens (including phenoxy) is 1. The molecule has 22 heavy (non-hydrogen) atoms. The lowest BCUT2D eigenvalue weighted by Gasteiger charge is -2.20. The highest BCUT2D eigenvalue weighted by atomic mass is 32.2. The molecule has 0 aliphatic rings. The zero-order valence-electron chi connectivity index (χ0n) is 14.7. The van der Waals surface area contributed by atoms with Crippen LogP contribution in [0, 0.1) is 13.8 Å². The molecule has 1 amide bonds. The molecule has 0 saturated carbocycles. The molecule has 1 aromatic carbocycles. The normalized spacial score (nSPS) is 12.8. The van der Waals surface area contributed by atoms with Crippen LogP contribution in [0.4, 0.5) is 0 Å². The minimum Gasteiger partial charge on any atom is -0.481 e. The summed E-state index contributed by atoms with van der Waals surface area (Å²) in [7, 11) is 0. The van der Waals surface area contributed by atoms with E-state index in [0.717, 1.165) is 22.6 Å². The van der Waals surface area contributed by atoms with Gasteiger partial charge in [0, 0.05) is 17.0 Å². The second-order valence-electron chi connectivity index (χ2n) is 6.59. The van der Waals surface area contributed by atoms with E-state index in [0.29, 0.717) is 13.0 Å². The van der Waals surface area contributed by atoms with Crippen molar-refractivity contribution in [1.29, 1.82) is 0 Å². The van der Waals surface area contributed by atoms with Crippen molar-refractivity contribution in [2.45, 2.75) is 58.8 Å². The molecule has 1 aromatic rings. The van der Waals surface area contributed by atoms with Crippen molar-refractivity contribution in [1.82, 2.24) is 5.32 Å². The average Bonchev–Trinajstić information content (AvgIpc) is 2.38. The highest BCUT2D eigenvalue weighted by Crippen LogP contribution is 2.22. The number of carbonyl (C=O) groups is 1. The zero-order chi connectivity index (χ0) is 16.8. The van der Waals surface area contributed by atoms with Crippen LogP contribution in [-0.2, 0) is 4.79 Å². The van der Waals surface area contributed by atoms with Crippen LogP contribution in [-0.4, -0.2) is 29.1 Å². The molecular weight excluding hydrogens is 294 g/mol. The van der Waals surface area contributed by atoms with Gasteiger partial charge in [-0.25, -0.2) is 0 Å². The first kappa shape index (κ1) is 18.9. The van der Waals surface area contributed by atoms with Crippen molar-refractivity contribution in [3.8, 4) is 5.75 Å². The van der Waals surface area contributed by atoms with Crippen LogP contribution in [0.5, 0.6) is 5.75 Å². The Kier molecular flexibility index (Phi) is 7.27. The summed E-state index contributed by atoms with van der Waals surface area (Å²) in [6.45, 7) is 13.2. The van der Waals surface area contributed by atoms with Gasteiger partial charge in [0.1, 0.15) is 5.75 Å². The first-order valence-electron chi connectivity index (χ1n) is 7.88. The van der Waals surface area contributed by atoms with Gasteiger partial charge in [0.2, 0.25) is 0 Å². The van der Waals surface area contributed by atoms with Gasteiger partial charge in [0.15, 0.2) is 6.10 Å². The lowest BCUT2D eigenvalue weighted by Crippen LogP contribution is -2.39. The molecule has 1 N–H and O–H groups in total. The Labute approximate surface area is 139 Å². The van der Waals surface area contributed by atoms with Gasteiger partial charge in [-0.15, -0.1) is 0 Å². The minimum absolute atomic E-state index is 0.0313. The SMILES string of the molecule is CC[C@@H](Oc1cc(C)cc(C)c1)C(=O)NCCSC(C)(C)C. The van der Waals surface area contributed by atoms with Gasteiger partial charge in [-0.1, -0.05) is 33.8 Å². The largest absolute Gasteiger partial charge is 0.481 e. The van der Waals surface area contributed by atoms with E-state index in [1.54, 1.807) is 0 Å². The summed E-state index contributed by atoms with van der Waals surface area (Å²) in [5, 5.41) is 2.97. The second kappa shape index (κ2) is 8.47. The van der Waals surface area contributed by atoms with E-state index in [2.05, 4.69) is 32.2 Å². The lowest BCUT2D eigenvalue weighted by molar-refractivity contribution is -0.127. The Morgan fingerprint density at radius 2 is 1.82 bits per heavy atom. The Bertz CT molecular complexity index is 474. The smallest absolute Gasteiger partial charge is 0.261 e. The van der Waals surface area contributed by atoms with Crippen molar-refractivity contribution in [3.05, 3.63) is 29.3 Å². The number of thioether (sulfide) groups is 1. The first-order valence-corrected chi connectivity index (χ1v) is 8.86. The van der Waals surface area contributed by atoms with Crippen molar-refractivity contribution >= 4 is 17.7 Å². The molecule has 1 atom stereocenters. The predicted molar refractivity (Wildman–Crippen MR) is 95.8 cm³/mol. The van der Waals surface area contributed by atoms with Crippen molar-refractivity contribution in [3.63, 3.8) is 0 Å². The van der Waals surface area contributed by atoms with Crippen LogP contribution in [0.2, 0.25) is 0 Å². The lowest BCUT2D eigenvalue weighted by atomic mass is 10.1. The van der Waals surface area contributed by atoms with E-state index in [1.807, 2.05) is 44.7 Å². The summed E-state index contributed by atoms with van der Waals surface area (Å²) in [4.78, 5) is 12.2. The van der Waals surface area contributed by atoms with Crippen molar-refractivity contribution in [2.75, 3.05) is 12.3 Å². The molecule has 0 unspecified atom stereocenters. The third-order valence-electron chi connectivity index (χ3n) is 3.07. The van der Waals surface area contributed by atoms with Crippen molar-refractivity contribution < 1.29 is 9.53 Å². The van der Waals surface area contributed by atoms with Crippen LogP contribution < -0.4 is 10.1 Å². The number of nitrogens with one attached hydrogen (secondary N) is 1. The Hall–Kier alpha value is -1.16. The van der Waals surface area contributed by atoms with Gasteiger partial charge >= 0.3 is 0 Å². The number of rotatable bonds is 7. The molecule has 0 radical (unpaired) electrons. The van der Waals surface area contributed by atoms with Gasteiger partial charge < -0.3 is 10.1 Å². The molecule has 0 saturated heterocycles. The molecule has 0 aromatic heterocycles. The topological polar surface area (TPSA) is 38.3 Å². The minimum atomic E-state index is -0.430. The number of hydrogen-bond acceptors (Lipinski definition) is 3. The average molecular weight is 324 g/mol. The molecule has 3 nitrogen and oxygen atoms in total. The van der Waals surface area contributed by atoms with Gasteiger partial charge in [0.05, 0.1) is 0 Å². The maximum Gasteiger partial charge on any atom is 0.261 e. The third kappa shape index (κ3) is 7.21. The molecule has 124 valence electrons. The molecule has 0 aliphatic heterocycles. The quantitative estimate of drug-likeness (QED) is 0.768. The van der Waals surface area contributed by atoms with Crippen molar-refractivity contribution in [2.24, 2.45) is 0 Å². The molecule has 4 heteroatoms. The number of amides is 1. The Balaban J connectivity index is 2.50. The van der Waals surface area contributed by atoms with Crippen LogP contribution >= 0.6 is 11.8 Å². The van der Waals surface area contributed by atoms with E-state index in [1.165, 1.54) is 0 Å². The number of hydrogen-bond donors (Lipinski definition) is 1. The Morgan fingerprint density at radius 1 is 1.23 bits per heavy atom. The van der Waals surface area contributed by atoms with Crippen LogP contribution in [0.1, 0.15) is 45.2 Å². The summed E-state index contributed by atoms with van der Waals surface area (Å²) < 4.78 is 6.09. The third-order valence-corrected chi connectivity index (χ3v) is 4.35. The number of carbonyl (C=O) groups excluding carboxylic acids is 1. The van der Waals surface area contributed by atoms with Gasteiger partial charge in [0.25, 0.3) is 5.91 Å². The molecule has 0 aliphatic carbocycles.